The van der Waals surface area contributed by atoms with Gasteiger partial charge in [-0.25, -0.2) is 0 Å². The molecule has 2 aromatic carbocycles. The van der Waals surface area contributed by atoms with E-state index in [0.29, 0.717) is 6.61 Å². The maximum absolute atomic E-state index is 12.5. The van der Waals surface area contributed by atoms with Gasteiger partial charge in [0.25, 0.3) is 0 Å². The van der Waals surface area contributed by atoms with Gasteiger partial charge in [-0.3, -0.25) is 9.69 Å². The van der Waals surface area contributed by atoms with Crippen LogP contribution in [0.25, 0.3) is 0 Å². The van der Waals surface area contributed by atoms with Crippen molar-refractivity contribution in [2.24, 2.45) is 0 Å². The molecular formula is C21H25NO2. The lowest BCUT2D eigenvalue weighted by molar-refractivity contribution is -0.158. The second-order valence-electron chi connectivity index (χ2n) is 6.41. The molecule has 0 saturated carbocycles. The van der Waals surface area contributed by atoms with Crippen LogP contribution in [-0.4, -0.2) is 23.5 Å². The molecule has 1 heterocycles. The Bertz CT molecular complexity index is 683. The monoisotopic (exact) mass is 323 g/mol. The third-order valence-electron chi connectivity index (χ3n) is 4.94. The number of rotatable bonds is 6. The van der Waals surface area contributed by atoms with Crippen LogP contribution in [0.3, 0.4) is 0 Å². The highest BCUT2D eigenvalue weighted by Gasteiger charge is 2.39. The summed E-state index contributed by atoms with van der Waals surface area (Å²) in [6, 6.07) is 18.6. The van der Waals surface area contributed by atoms with Gasteiger partial charge in [-0.05, 0) is 36.5 Å². The summed E-state index contributed by atoms with van der Waals surface area (Å²) in [6.07, 6.45) is 1.88. The number of aryl methyl sites for hydroxylation is 1. The van der Waals surface area contributed by atoms with E-state index in [1.807, 2.05) is 37.3 Å². The summed E-state index contributed by atoms with van der Waals surface area (Å²) >= 11 is 0. The predicted octanol–water partition coefficient (Wildman–Crippen LogP) is 4.26. The summed E-state index contributed by atoms with van der Waals surface area (Å²) in [7, 11) is 0. The lowest BCUT2D eigenvalue weighted by Gasteiger charge is -2.44. The minimum Gasteiger partial charge on any atom is -0.460 e. The maximum atomic E-state index is 12.5. The normalized spacial score (nSPS) is 18.7. The molecule has 0 N–H and O–H groups in total. The van der Waals surface area contributed by atoms with Crippen molar-refractivity contribution in [1.29, 1.82) is 0 Å². The average molecular weight is 323 g/mol. The number of hydrogen-bond donors (Lipinski definition) is 0. The van der Waals surface area contributed by atoms with Crippen molar-refractivity contribution in [2.45, 2.75) is 45.4 Å². The smallest absolute Gasteiger partial charge is 0.323 e. The van der Waals surface area contributed by atoms with Crippen LogP contribution in [0.5, 0.6) is 0 Å². The fraction of sp³-hybridized carbons (Fsp3) is 0.381. The minimum atomic E-state index is -0.112. The first-order valence-electron chi connectivity index (χ1n) is 8.72. The molecule has 0 bridgehead atoms. The van der Waals surface area contributed by atoms with Crippen LogP contribution in [0.15, 0.2) is 54.6 Å². The number of likely N-dealkylation sites (tertiary alicyclic amines) is 1. The summed E-state index contributed by atoms with van der Waals surface area (Å²) in [5.41, 5.74) is 3.51. The van der Waals surface area contributed by atoms with Crippen molar-refractivity contribution < 1.29 is 9.53 Å². The molecule has 0 aromatic heterocycles. The topological polar surface area (TPSA) is 29.5 Å². The van der Waals surface area contributed by atoms with Gasteiger partial charge in [0.1, 0.15) is 12.6 Å². The predicted molar refractivity (Wildman–Crippen MR) is 95.6 cm³/mol. The van der Waals surface area contributed by atoms with Crippen molar-refractivity contribution in [1.82, 2.24) is 4.90 Å². The molecule has 2 atom stereocenters. The number of nitrogens with zero attached hydrogens (tertiary/aromatic N) is 1. The first-order chi connectivity index (χ1) is 11.7. The molecule has 3 heteroatoms. The molecule has 3 nitrogen and oxygen atoms in total. The molecule has 126 valence electrons. The van der Waals surface area contributed by atoms with Gasteiger partial charge in [0.05, 0.1) is 0 Å². The summed E-state index contributed by atoms with van der Waals surface area (Å²) in [5, 5.41) is 0. The van der Waals surface area contributed by atoms with Crippen molar-refractivity contribution in [3.05, 3.63) is 71.3 Å². The summed E-state index contributed by atoms with van der Waals surface area (Å²) in [4.78, 5) is 14.8. The fourth-order valence-corrected chi connectivity index (χ4v) is 3.39. The van der Waals surface area contributed by atoms with Gasteiger partial charge in [0.15, 0.2) is 0 Å². The summed E-state index contributed by atoms with van der Waals surface area (Å²) in [6.45, 7) is 5.53. The van der Waals surface area contributed by atoms with Gasteiger partial charge in [0.2, 0.25) is 0 Å². The average Bonchev–Trinajstić information content (AvgIpc) is 2.58. The Hall–Kier alpha value is -2.13. The number of hydrogen-bond acceptors (Lipinski definition) is 3. The number of ether oxygens (including phenoxy) is 1. The molecule has 3 rings (SSSR count). The first-order valence-corrected chi connectivity index (χ1v) is 8.72. The number of benzene rings is 2. The lowest BCUT2D eigenvalue weighted by atomic mass is 9.94. The second-order valence-corrected chi connectivity index (χ2v) is 6.41. The zero-order valence-corrected chi connectivity index (χ0v) is 14.4. The molecule has 2 aromatic rings. The molecule has 0 amide bonds. The fourth-order valence-electron chi connectivity index (χ4n) is 3.39. The van der Waals surface area contributed by atoms with E-state index in [4.69, 9.17) is 4.74 Å². The van der Waals surface area contributed by atoms with E-state index in [1.165, 1.54) is 5.56 Å². The first kappa shape index (κ1) is 16.7. The van der Waals surface area contributed by atoms with Crippen molar-refractivity contribution >= 4 is 5.97 Å². The molecule has 1 fully saturated rings. The van der Waals surface area contributed by atoms with Crippen LogP contribution in [0.1, 0.15) is 42.5 Å². The van der Waals surface area contributed by atoms with Gasteiger partial charge < -0.3 is 4.74 Å². The highest BCUT2D eigenvalue weighted by molar-refractivity contribution is 5.77. The van der Waals surface area contributed by atoms with Gasteiger partial charge in [-0.2, -0.15) is 0 Å². The van der Waals surface area contributed by atoms with Crippen LogP contribution < -0.4 is 0 Å². The van der Waals surface area contributed by atoms with E-state index in [9.17, 15) is 4.79 Å². The third kappa shape index (κ3) is 3.51. The molecule has 2 unspecified atom stereocenters. The molecule has 0 aliphatic carbocycles. The third-order valence-corrected chi connectivity index (χ3v) is 4.94. The van der Waals surface area contributed by atoms with Crippen molar-refractivity contribution in [2.75, 3.05) is 6.54 Å². The van der Waals surface area contributed by atoms with Gasteiger partial charge in [-0.15, -0.1) is 0 Å². The van der Waals surface area contributed by atoms with Gasteiger partial charge >= 0.3 is 5.97 Å². The zero-order chi connectivity index (χ0) is 16.9. The molecular weight excluding hydrogens is 298 g/mol. The molecule has 1 aliphatic heterocycles. The highest BCUT2D eigenvalue weighted by atomic mass is 16.5. The van der Waals surface area contributed by atoms with Crippen LogP contribution in [0.2, 0.25) is 0 Å². The van der Waals surface area contributed by atoms with Crippen molar-refractivity contribution in [3.63, 3.8) is 0 Å². The van der Waals surface area contributed by atoms with Crippen LogP contribution in [0, 0.1) is 6.92 Å². The Kier molecular flexibility index (Phi) is 5.31. The molecule has 0 radical (unpaired) electrons. The number of esters is 1. The number of carbonyl (C=O) groups excluding carboxylic acids is 1. The zero-order valence-electron chi connectivity index (χ0n) is 14.4. The highest BCUT2D eigenvalue weighted by Crippen LogP contribution is 2.33. The minimum absolute atomic E-state index is 0.0983. The van der Waals surface area contributed by atoms with E-state index in [-0.39, 0.29) is 18.1 Å². The van der Waals surface area contributed by atoms with Crippen LogP contribution in [-0.2, 0) is 16.1 Å². The Morgan fingerprint density at radius 3 is 2.50 bits per heavy atom. The molecule has 1 saturated heterocycles. The summed E-state index contributed by atoms with van der Waals surface area (Å²) in [5.74, 6) is -0.0983. The second kappa shape index (κ2) is 7.63. The van der Waals surface area contributed by atoms with E-state index in [0.717, 1.165) is 30.5 Å². The Labute approximate surface area is 144 Å². The van der Waals surface area contributed by atoms with E-state index < -0.39 is 0 Å². The maximum Gasteiger partial charge on any atom is 0.323 e. The quantitative estimate of drug-likeness (QED) is 0.744. The molecule has 1 aliphatic rings. The Morgan fingerprint density at radius 2 is 1.88 bits per heavy atom. The number of carbonyl (C=O) groups is 1. The van der Waals surface area contributed by atoms with Crippen LogP contribution >= 0.6 is 0 Å². The van der Waals surface area contributed by atoms with E-state index >= 15 is 0 Å². The van der Waals surface area contributed by atoms with Gasteiger partial charge in [-0.1, -0.05) is 61.5 Å². The Morgan fingerprint density at radius 1 is 1.17 bits per heavy atom. The van der Waals surface area contributed by atoms with E-state index in [2.05, 4.69) is 36.1 Å². The van der Waals surface area contributed by atoms with Crippen molar-refractivity contribution in [3.8, 4) is 0 Å². The standard InChI is InChI=1S/C21H25NO2/c1-3-19(17-10-5-4-6-11-17)22-14-13-20(22)21(23)24-15-18-12-8-7-9-16(18)2/h4-12,19-20H,3,13-15H2,1-2H3. The SMILES string of the molecule is CCC(c1ccccc1)N1CCC1C(=O)OCc1ccccc1C. The van der Waals surface area contributed by atoms with Crippen LogP contribution in [0.4, 0.5) is 0 Å². The van der Waals surface area contributed by atoms with E-state index in [1.54, 1.807) is 0 Å². The van der Waals surface area contributed by atoms with Gasteiger partial charge in [0, 0.05) is 12.6 Å². The molecule has 24 heavy (non-hydrogen) atoms. The lowest BCUT2D eigenvalue weighted by Crippen LogP contribution is -2.54. The summed E-state index contributed by atoms with van der Waals surface area (Å²) < 4.78 is 5.59. The largest absolute Gasteiger partial charge is 0.460 e. The Balaban J connectivity index is 1.62. The molecule has 0 spiro atoms.